The number of imide groups is 2. The van der Waals surface area contributed by atoms with Crippen molar-refractivity contribution in [3.8, 4) is 0 Å². The third kappa shape index (κ3) is 5.96. The van der Waals surface area contributed by atoms with Crippen LogP contribution >= 0.6 is 22.7 Å². The summed E-state index contributed by atoms with van der Waals surface area (Å²) >= 11 is 2.87. The second kappa shape index (κ2) is 13.9. The van der Waals surface area contributed by atoms with Crippen molar-refractivity contribution in [1.82, 2.24) is 14.8 Å². The predicted molar refractivity (Wildman–Crippen MR) is 195 cm³/mol. The maximum atomic E-state index is 14.1. The second-order valence-corrected chi connectivity index (χ2v) is 15.1. The maximum absolute atomic E-state index is 14.1. The maximum Gasteiger partial charge on any atom is 0.334 e. The molecule has 3 heterocycles. The molecule has 4 amide bonds. The Kier molecular flexibility index (Phi) is 9.42. The van der Waals surface area contributed by atoms with Gasteiger partial charge in [-0.1, -0.05) is 74.1 Å². The SMILES string of the molecule is CCN(CC)c1ccc(/N=N/c2nc3sc(C(C)=C4C(=O)N(C5CCCCC5)C(=O)N(C5CCCCC5)C4=O)cc3s2)c2ccccc12. The number of hydrogen-bond donors (Lipinski definition) is 0. The van der Waals surface area contributed by atoms with E-state index < -0.39 is 17.8 Å². The van der Waals surface area contributed by atoms with E-state index in [0.29, 0.717) is 10.7 Å². The molecule has 7 rings (SSSR count). The standard InChI is InChI=1S/C37H42N6O3S2/c1-4-41(5-2)29-21-20-28(26-18-12-13-19-27(26)29)39-40-36-38-33-31(48-36)22-30(47-33)23(3)32-34(44)42(24-14-8-6-9-15-24)37(46)43(35(32)45)25-16-10-7-11-17-25/h12-13,18-22,24-25H,4-11,14-17H2,1-3H3/b40-39+. The number of allylic oxidation sites excluding steroid dienone is 1. The lowest BCUT2D eigenvalue weighted by molar-refractivity contribution is -0.139. The number of barbiturate groups is 1. The third-order valence-electron chi connectivity index (χ3n) is 10.2. The van der Waals surface area contributed by atoms with Gasteiger partial charge in [-0.25, -0.2) is 9.78 Å². The summed E-state index contributed by atoms with van der Waals surface area (Å²) in [6, 6.07) is 13.6. The molecule has 3 aliphatic rings. The van der Waals surface area contributed by atoms with Crippen LogP contribution < -0.4 is 4.90 Å². The molecule has 2 aromatic heterocycles. The summed E-state index contributed by atoms with van der Waals surface area (Å²) in [4.78, 5) is 53.5. The first-order valence-electron chi connectivity index (χ1n) is 17.4. The van der Waals surface area contributed by atoms with Crippen LogP contribution in [0.3, 0.4) is 0 Å². The number of urea groups is 1. The van der Waals surface area contributed by atoms with Gasteiger partial charge in [0.25, 0.3) is 11.8 Å². The summed E-state index contributed by atoms with van der Waals surface area (Å²) in [6.07, 6.45) is 9.35. The summed E-state index contributed by atoms with van der Waals surface area (Å²) < 4.78 is 0.922. The van der Waals surface area contributed by atoms with Crippen LogP contribution in [0.15, 0.2) is 58.3 Å². The average molecular weight is 683 g/mol. The second-order valence-electron chi connectivity index (χ2n) is 13.0. The Morgan fingerprint density at radius 1 is 0.812 bits per heavy atom. The van der Waals surface area contributed by atoms with Gasteiger partial charge < -0.3 is 4.90 Å². The van der Waals surface area contributed by atoms with Gasteiger partial charge in [0, 0.05) is 46.5 Å². The molecule has 0 N–H and O–H groups in total. The zero-order chi connectivity index (χ0) is 33.4. The van der Waals surface area contributed by atoms with Gasteiger partial charge in [0.2, 0.25) is 5.13 Å². The molecule has 0 atom stereocenters. The summed E-state index contributed by atoms with van der Waals surface area (Å²) in [5.74, 6) is -0.889. The lowest BCUT2D eigenvalue weighted by Gasteiger charge is -2.43. The van der Waals surface area contributed by atoms with Gasteiger partial charge in [-0.3, -0.25) is 19.4 Å². The Morgan fingerprint density at radius 3 is 2.00 bits per heavy atom. The van der Waals surface area contributed by atoms with Crippen molar-refractivity contribution in [2.45, 2.75) is 97.1 Å². The van der Waals surface area contributed by atoms with Gasteiger partial charge in [0.1, 0.15) is 10.4 Å². The van der Waals surface area contributed by atoms with E-state index >= 15 is 0 Å². The first-order valence-corrected chi connectivity index (χ1v) is 19.0. The van der Waals surface area contributed by atoms with E-state index in [1.165, 1.54) is 38.2 Å². The summed E-state index contributed by atoms with van der Waals surface area (Å²) in [6.45, 7) is 8.00. The quantitative estimate of drug-likeness (QED) is 0.105. The Labute approximate surface area is 289 Å². The number of aromatic nitrogens is 1. The summed E-state index contributed by atoms with van der Waals surface area (Å²) in [5.41, 5.74) is 2.71. The summed E-state index contributed by atoms with van der Waals surface area (Å²) in [5, 5.41) is 11.9. The Hall–Kier alpha value is -3.96. The number of nitrogens with zero attached hydrogens (tertiary/aromatic N) is 6. The number of carbonyl (C=O) groups excluding carboxylic acids is 3. The van der Waals surface area contributed by atoms with Gasteiger partial charge in [0.05, 0.1) is 10.4 Å². The van der Waals surface area contributed by atoms with E-state index in [9.17, 15) is 14.4 Å². The minimum Gasteiger partial charge on any atom is -0.372 e. The van der Waals surface area contributed by atoms with Crippen molar-refractivity contribution in [3.05, 3.63) is 52.9 Å². The number of azo groups is 1. The number of thiazole rings is 1. The molecule has 0 spiro atoms. The van der Waals surface area contributed by atoms with Crippen molar-refractivity contribution in [1.29, 1.82) is 0 Å². The molecular formula is C37H42N6O3S2. The highest BCUT2D eigenvalue weighted by Crippen LogP contribution is 2.41. The van der Waals surface area contributed by atoms with Crippen molar-refractivity contribution in [2.75, 3.05) is 18.0 Å². The van der Waals surface area contributed by atoms with Crippen molar-refractivity contribution < 1.29 is 14.4 Å². The van der Waals surface area contributed by atoms with E-state index in [1.807, 2.05) is 31.2 Å². The monoisotopic (exact) mass is 682 g/mol. The molecular weight excluding hydrogens is 641 g/mol. The van der Waals surface area contributed by atoms with Crippen LogP contribution in [0, 0.1) is 0 Å². The normalized spacial score (nSPS) is 18.6. The molecule has 250 valence electrons. The minimum absolute atomic E-state index is 0.125. The number of fused-ring (bicyclic) bond motifs is 2. The topological polar surface area (TPSA) is 98.5 Å². The molecule has 3 fully saturated rings. The van der Waals surface area contributed by atoms with E-state index in [0.717, 1.165) is 108 Å². The van der Waals surface area contributed by atoms with E-state index in [4.69, 9.17) is 4.98 Å². The van der Waals surface area contributed by atoms with Gasteiger partial charge in [-0.05, 0) is 70.2 Å². The first kappa shape index (κ1) is 32.6. The highest BCUT2D eigenvalue weighted by atomic mass is 32.1. The summed E-state index contributed by atoms with van der Waals surface area (Å²) in [7, 11) is 0. The van der Waals surface area contributed by atoms with Crippen LogP contribution in [-0.2, 0) is 9.59 Å². The fraction of sp³-hybridized carbons (Fsp3) is 0.459. The molecule has 0 unspecified atom stereocenters. The Morgan fingerprint density at radius 2 is 1.42 bits per heavy atom. The molecule has 11 heteroatoms. The Balaban J connectivity index is 1.19. The van der Waals surface area contributed by atoms with Crippen molar-refractivity contribution in [3.63, 3.8) is 0 Å². The molecule has 0 radical (unpaired) electrons. The van der Waals surface area contributed by atoms with Gasteiger partial charge >= 0.3 is 6.03 Å². The molecule has 9 nitrogen and oxygen atoms in total. The molecule has 2 aromatic carbocycles. The smallest absolute Gasteiger partial charge is 0.334 e. The zero-order valence-corrected chi connectivity index (χ0v) is 29.5. The lowest BCUT2D eigenvalue weighted by Crippen LogP contribution is -2.62. The van der Waals surface area contributed by atoms with Gasteiger partial charge in [-0.2, -0.15) is 0 Å². The first-order chi connectivity index (χ1) is 23.4. The van der Waals surface area contributed by atoms with Crippen molar-refractivity contribution in [2.24, 2.45) is 10.2 Å². The van der Waals surface area contributed by atoms with Crippen LogP contribution in [-0.4, -0.2) is 57.8 Å². The highest BCUT2D eigenvalue weighted by Gasteiger charge is 2.48. The number of rotatable bonds is 8. The number of amides is 4. The highest BCUT2D eigenvalue weighted by molar-refractivity contribution is 7.29. The average Bonchev–Trinajstić information content (AvgIpc) is 3.69. The third-order valence-corrected chi connectivity index (χ3v) is 12.4. The molecule has 1 saturated heterocycles. The van der Waals surface area contributed by atoms with Crippen LogP contribution in [0.25, 0.3) is 25.9 Å². The van der Waals surface area contributed by atoms with Crippen LogP contribution in [0.2, 0.25) is 0 Å². The molecule has 4 aromatic rings. The fourth-order valence-electron chi connectivity index (χ4n) is 7.63. The Bertz CT molecular complexity index is 1850. The van der Waals surface area contributed by atoms with Crippen LogP contribution in [0.1, 0.15) is 89.9 Å². The van der Waals surface area contributed by atoms with Gasteiger partial charge in [-0.15, -0.1) is 21.6 Å². The number of benzene rings is 2. The van der Waals surface area contributed by atoms with Gasteiger partial charge in [0.15, 0.2) is 0 Å². The van der Waals surface area contributed by atoms with E-state index in [1.54, 1.807) is 0 Å². The van der Waals surface area contributed by atoms with Crippen LogP contribution in [0.4, 0.5) is 21.3 Å². The predicted octanol–water partition coefficient (Wildman–Crippen LogP) is 10.0. The van der Waals surface area contributed by atoms with Crippen molar-refractivity contribution >= 4 is 82.9 Å². The van der Waals surface area contributed by atoms with E-state index in [-0.39, 0.29) is 17.7 Å². The molecule has 0 bridgehead atoms. The molecule has 1 aliphatic heterocycles. The zero-order valence-electron chi connectivity index (χ0n) is 27.9. The molecule has 2 saturated carbocycles. The van der Waals surface area contributed by atoms with Crippen LogP contribution in [0.5, 0.6) is 0 Å². The largest absolute Gasteiger partial charge is 0.372 e. The molecule has 2 aliphatic carbocycles. The number of thiophene rings is 1. The lowest BCUT2D eigenvalue weighted by atomic mass is 9.90. The number of carbonyl (C=O) groups is 3. The fourth-order valence-corrected chi connectivity index (χ4v) is 9.67. The van der Waals surface area contributed by atoms with E-state index in [2.05, 4.69) is 47.2 Å². The number of hydrogen-bond acceptors (Lipinski definition) is 9. The molecule has 48 heavy (non-hydrogen) atoms. The number of anilines is 1. The minimum atomic E-state index is -0.445.